The molecule has 1 aliphatic carbocycles. The standard InChI is InChI=1S/C23H24F3NO5S/c1-12(2)32-22(30)19-16-9-4-13(3)10-17(16)33-20(19)27-18(28)11-31-21(29)14-5-7-15(8-6-14)23(24,25)26/h5-8,12-13H,4,9-11H2,1-3H3,(H,27,28). The Bertz CT molecular complexity index is 1040. The monoisotopic (exact) mass is 483 g/mol. The Kier molecular flexibility index (Phi) is 7.46. The quantitative estimate of drug-likeness (QED) is 0.568. The van der Waals surface area contributed by atoms with E-state index in [1.807, 2.05) is 0 Å². The molecule has 10 heteroatoms. The zero-order valence-corrected chi connectivity index (χ0v) is 19.2. The summed E-state index contributed by atoms with van der Waals surface area (Å²) in [6.07, 6.45) is -2.43. The maximum atomic E-state index is 12.7. The van der Waals surface area contributed by atoms with Crippen LogP contribution in [0.3, 0.4) is 0 Å². The van der Waals surface area contributed by atoms with Crippen LogP contribution in [0.5, 0.6) is 0 Å². The van der Waals surface area contributed by atoms with Gasteiger partial charge in [0.25, 0.3) is 5.91 Å². The smallest absolute Gasteiger partial charge is 0.416 e. The summed E-state index contributed by atoms with van der Waals surface area (Å²) in [6, 6.07) is 3.50. The predicted octanol–water partition coefficient (Wildman–Crippen LogP) is 5.25. The van der Waals surface area contributed by atoms with Crippen molar-refractivity contribution < 1.29 is 37.0 Å². The number of esters is 2. The number of carbonyl (C=O) groups is 3. The minimum Gasteiger partial charge on any atom is -0.459 e. The van der Waals surface area contributed by atoms with Gasteiger partial charge in [-0.05, 0) is 68.9 Å². The third-order valence-corrected chi connectivity index (χ3v) is 6.26. The molecule has 0 saturated carbocycles. The first kappa shape index (κ1) is 24.8. The Morgan fingerprint density at radius 1 is 1.15 bits per heavy atom. The largest absolute Gasteiger partial charge is 0.459 e. The molecule has 1 aliphatic rings. The van der Waals surface area contributed by atoms with Gasteiger partial charge in [0.15, 0.2) is 6.61 Å². The molecule has 2 aromatic rings. The average molecular weight is 484 g/mol. The van der Waals surface area contributed by atoms with Gasteiger partial charge in [0.2, 0.25) is 0 Å². The molecule has 0 saturated heterocycles. The first-order valence-electron chi connectivity index (χ1n) is 10.5. The van der Waals surface area contributed by atoms with Gasteiger partial charge in [-0.25, -0.2) is 9.59 Å². The van der Waals surface area contributed by atoms with Crippen LogP contribution >= 0.6 is 11.3 Å². The molecule has 0 fully saturated rings. The van der Waals surface area contributed by atoms with Gasteiger partial charge >= 0.3 is 18.1 Å². The van der Waals surface area contributed by atoms with E-state index in [-0.39, 0.29) is 11.7 Å². The van der Waals surface area contributed by atoms with E-state index in [4.69, 9.17) is 9.47 Å². The molecule has 6 nitrogen and oxygen atoms in total. The molecule has 1 N–H and O–H groups in total. The summed E-state index contributed by atoms with van der Waals surface area (Å²) in [6.45, 7) is 4.93. The zero-order valence-electron chi connectivity index (χ0n) is 18.4. The van der Waals surface area contributed by atoms with E-state index in [9.17, 15) is 27.6 Å². The molecular formula is C23H24F3NO5S. The fraction of sp³-hybridized carbons (Fsp3) is 0.435. The Morgan fingerprint density at radius 3 is 2.42 bits per heavy atom. The summed E-state index contributed by atoms with van der Waals surface area (Å²) >= 11 is 1.30. The lowest BCUT2D eigenvalue weighted by Gasteiger charge is -2.18. The van der Waals surface area contributed by atoms with E-state index in [0.29, 0.717) is 22.9 Å². The summed E-state index contributed by atoms with van der Waals surface area (Å²) < 4.78 is 48.2. The Hall–Kier alpha value is -2.88. The third-order valence-electron chi connectivity index (χ3n) is 5.09. The number of hydrogen-bond acceptors (Lipinski definition) is 6. The van der Waals surface area contributed by atoms with Crippen LogP contribution in [0, 0.1) is 5.92 Å². The highest BCUT2D eigenvalue weighted by Crippen LogP contribution is 2.40. The highest BCUT2D eigenvalue weighted by atomic mass is 32.1. The van der Waals surface area contributed by atoms with Crippen LogP contribution in [-0.4, -0.2) is 30.6 Å². The molecule has 178 valence electrons. The van der Waals surface area contributed by atoms with Gasteiger partial charge in [-0.1, -0.05) is 6.92 Å². The van der Waals surface area contributed by atoms with Crippen LogP contribution in [0.2, 0.25) is 0 Å². The second-order valence-electron chi connectivity index (χ2n) is 8.21. The second kappa shape index (κ2) is 9.94. The normalized spacial score (nSPS) is 15.7. The number of anilines is 1. The van der Waals surface area contributed by atoms with Crippen LogP contribution < -0.4 is 5.32 Å². The van der Waals surface area contributed by atoms with Crippen molar-refractivity contribution in [3.8, 4) is 0 Å². The molecule has 0 aliphatic heterocycles. The molecule has 1 amide bonds. The molecule has 1 heterocycles. The summed E-state index contributed by atoms with van der Waals surface area (Å²) in [7, 11) is 0. The van der Waals surface area contributed by atoms with Gasteiger partial charge in [-0.2, -0.15) is 13.2 Å². The Balaban J connectivity index is 1.68. The summed E-state index contributed by atoms with van der Waals surface area (Å²) in [5, 5.41) is 2.97. The fourth-order valence-corrected chi connectivity index (χ4v) is 4.92. The molecule has 1 aromatic heterocycles. The van der Waals surface area contributed by atoms with Gasteiger partial charge in [-0.3, -0.25) is 4.79 Å². The highest BCUT2D eigenvalue weighted by Gasteiger charge is 2.31. The number of halogens is 3. The average Bonchev–Trinajstić information content (AvgIpc) is 3.07. The number of alkyl halides is 3. The second-order valence-corrected chi connectivity index (χ2v) is 9.31. The maximum absolute atomic E-state index is 12.7. The number of carbonyl (C=O) groups excluding carboxylic acids is 3. The third kappa shape index (κ3) is 6.13. The van der Waals surface area contributed by atoms with Gasteiger partial charge in [0.05, 0.1) is 22.8 Å². The first-order chi connectivity index (χ1) is 15.5. The lowest BCUT2D eigenvalue weighted by Crippen LogP contribution is -2.22. The minimum absolute atomic E-state index is 0.113. The van der Waals surface area contributed by atoms with Crippen molar-refractivity contribution in [1.82, 2.24) is 0 Å². The van der Waals surface area contributed by atoms with E-state index in [2.05, 4.69) is 12.2 Å². The van der Waals surface area contributed by atoms with Crippen LogP contribution in [0.25, 0.3) is 0 Å². The van der Waals surface area contributed by atoms with Crippen LogP contribution in [0.1, 0.15) is 63.9 Å². The number of rotatable bonds is 6. The molecular weight excluding hydrogens is 459 g/mol. The van der Waals surface area contributed by atoms with Gasteiger partial charge in [0, 0.05) is 4.88 Å². The summed E-state index contributed by atoms with van der Waals surface area (Å²) in [4.78, 5) is 38.2. The van der Waals surface area contributed by atoms with Crippen molar-refractivity contribution in [2.24, 2.45) is 5.92 Å². The molecule has 0 spiro atoms. The number of fused-ring (bicyclic) bond motifs is 1. The van der Waals surface area contributed by atoms with E-state index >= 15 is 0 Å². The minimum atomic E-state index is -4.52. The number of amides is 1. The number of hydrogen-bond donors (Lipinski definition) is 1. The molecule has 0 bridgehead atoms. The Morgan fingerprint density at radius 2 is 1.82 bits per heavy atom. The number of benzene rings is 1. The molecule has 1 unspecified atom stereocenters. The van der Waals surface area contributed by atoms with Crippen molar-refractivity contribution in [3.05, 3.63) is 51.4 Å². The molecule has 33 heavy (non-hydrogen) atoms. The predicted molar refractivity (Wildman–Crippen MR) is 116 cm³/mol. The molecule has 1 atom stereocenters. The van der Waals surface area contributed by atoms with Crippen molar-refractivity contribution in [2.75, 3.05) is 11.9 Å². The van der Waals surface area contributed by atoms with Crippen LogP contribution in [0.4, 0.5) is 18.2 Å². The SMILES string of the molecule is CC1CCc2c(sc(NC(=O)COC(=O)c3ccc(C(F)(F)F)cc3)c2C(=O)OC(C)C)C1. The lowest BCUT2D eigenvalue weighted by atomic mass is 9.88. The van der Waals surface area contributed by atoms with Gasteiger partial charge in [0.1, 0.15) is 5.00 Å². The summed E-state index contributed by atoms with van der Waals surface area (Å²) in [5.74, 6) is -1.66. The molecule has 3 rings (SSSR count). The zero-order chi connectivity index (χ0) is 24.3. The fourth-order valence-electron chi connectivity index (χ4n) is 3.50. The highest BCUT2D eigenvalue weighted by molar-refractivity contribution is 7.17. The number of nitrogens with one attached hydrogen (secondary N) is 1. The number of thiophene rings is 1. The molecule has 1 aromatic carbocycles. The van der Waals surface area contributed by atoms with Crippen molar-refractivity contribution in [2.45, 2.75) is 52.3 Å². The maximum Gasteiger partial charge on any atom is 0.416 e. The van der Waals surface area contributed by atoms with Gasteiger partial charge < -0.3 is 14.8 Å². The first-order valence-corrected chi connectivity index (χ1v) is 11.3. The topological polar surface area (TPSA) is 81.7 Å². The van der Waals surface area contributed by atoms with Crippen molar-refractivity contribution in [1.29, 1.82) is 0 Å². The van der Waals surface area contributed by atoms with Crippen LogP contribution in [-0.2, 0) is 33.3 Å². The molecule has 0 radical (unpaired) electrons. The summed E-state index contributed by atoms with van der Waals surface area (Å²) in [5.41, 5.74) is 0.199. The lowest BCUT2D eigenvalue weighted by molar-refractivity contribution is -0.137. The number of ether oxygens (including phenoxy) is 2. The Labute approximate surface area is 193 Å². The van der Waals surface area contributed by atoms with Gasteiger partial charge in [-0.15, -0.1) is 11.3 Å². The van der Waals surface area contributed by atoms with E-state index < -0.39 is 36.2 Å². The van der Waals surface area contributed by atoms with Crippen molar-refractivity contribution >= 4 is 34.2 Å². The van der Waals surface area contributed by atoms with E-state index in [1.54, 1.807) is 13.8 Å². The van der Waals surface area contributed by atoms with E-state index in [1.165, 1.54) is 11.3 Å². The van der Waals surface area contributed by atoms with E-state index in [0.717, 1.165) is 47.5 Å². The van der Waals surface area contributed by atoms with Crippen LogP contribution in [0.15, 0.2) is 24.3 Å². The van der Waals surface area contributed by atoms with Crippen molar-refractivity contribution in [3.63, 3.8) is 0 Å².